The molecular weight excluding hydrogens is 435 g/mol. The predicted octanol–water partition coefficient (Wildman–Crippen LogP) is 5.32. The first kappa shape index (κ1) is 23.0. The van der Waals surface area contributed by atoms with E-state index < -0.39 is 35.0 Å². The van der Waals surface area contributed by atoms with Crippen LogP contribution in [0.3, 0.4) is 0 Å². The van der Waals surface area contributed by atoms with Crippen LogP contribution < -0.4 is 0 Å². The molecule has 5 nitrogen and oxygen atoms in total. The SMILES string of the molecule is CC(=O)C(=O)OC1(c2c(C(F)(F)F)ccc3ccoc23)CCN(Cc2ccccc2)CC1C. The monoisotopic (exact) mass is 459 g/mol. The fourth-order valence-corrected chi connectivity index (χ4v) is 4.68. The van der Waals surface area contributed by atoms with Crippen LogP contribution in [0.5, 0.6) is 0 Å². The molecule has 2 atom stereocenters. The number of halogens is 3. The lowest BCUT2D eigenvalue weighted by atomic mass is 9.74. The van der Waals surface area contributed by atoms with Crippen LogP contribution in [0, 0.1) is 5.92 Å². The Morgan fingerprint density at radius 3 is 2.52 bits per heavy atom. The summed E-state index contributed by atoms with van der Waals surface area (Å²) in [7, 11) is 0. The topological polar surface area (TPSA) is 59.8 Å². The largest absolute Gasteiger partial charge is 0.464 e. The number of furan rings is 1. The van der Waals surface area contributed by atoms with Crippen LogP contribution >= 0.6 is 0 Å². The Morgan fingerprint density at radius 1 is 1.15 bits per heavy atom. The van der Waals surface area contributed by atoms with Crippen molar-refractivity contribution in [3.63, 3.8) is 0 Å². The van der Waals surface area contributed by atoms with Crippen LogP contribution in [0.1, 0.15) is 37.0 Å². The van der Waals surface area contributed by atoms with E-state index >= 15 is 0 Å². The summed E-state index contributed by atoms with van der Waals surface area (Å²) in [6.45, 7) is 4.14. The van der Waals surface area contributed by atoms with Crippen LogP contribution in [-0.4, -0.2) is 29.7 Å². The summed E-state index contributed by atoms with van der Waals surface area (Å²) >= 11 is 0. The summed E-state index contributed by atoms with van der Waals surface area (Å²) < 4.78 is 53.6. The number of rotatable bonds is 5. The molecule has 8 heteroatoms. The third-order valence-corrected chi connectivity index (χ3v) is 6.29. The molecule has 0 spiro atoms. The first-order valence-corrected chi connectivity index (χ1v) is 10.7. The fourth-order valence-electron chi connectivity index (χ4n) is 4.68. The number of hydrogen-bond acceptors (Lipinski definition) is 5. The average molecular weight is 459 g/mol. The number of benzene rings is 2. The Hall–Kier alpha value is -3.13. The van der Waals surface area contributed by atoms with E-state index in [1.165, 1.54) is 12.3 Å². The molecule has 0 N–H and O–H groups in total. The second kappa shape index (κ2) is 8.67. The molecular formula is C25H24F3NO4. The highest BCUT2D eigenvalue weighted by atomic mass is 19.4. The van der Waals surface area contributed by atoms with Gasteiger partial charge in [-0.2, -0.15) is 13.2 Å². The van der Waals surface area contributed by atoms with Gasteiger partial charge in [-0.25, -0.2) is 4.79 Å². The lowest BCUT2D eigenvalue weighted by Crippen LogP contribution is -2.52. The molecule has 174 valence electrons. The molecule has 0 saturated carbocycles. The molecule has 4 rings (SSSR count). The molecule has 0 aliphatic carbocycles. The van der Waals surface area contributed by atoms with E-state index in [9.17, 15) is 22.8 Å². The third kappa shape index (κ3) is 4.39. The number of carbonyl (C=O) groups is 2. The number of ketones is 1. The molecule has 3 aromatic rings. The minimum absolute atomic E-state index is 0.0181. The maximum atomic E-state index is 14.1. The summed E-state index contributed by atoms with van der Waals surface area (Å²) in [5.41, 5.74) is -1.73. The van der Waals surface area contributed by atoms with Gasteiger partial charge in [0.15, 0.2) is 0 Å². The normalized spacial score (nSPS) is 21.8. The zero-order valence-electron chi connectivity index (χ0n) is 18.3. The second-order valence-electron chi connectivity index (χ2n) is 8.53. The number of Topliss-reactive ketones (excluding diaryl/α,β-unsaturated/α-hetero) is 1. The van der Waals surface area contributed by atoms with Crippen molar-refractivity contribution in [1.29, 1.82) is 0 Å². The minimum atomic E-state index is -4.70. The Morgan fingerprint density at radius 2 is 1.88 bits per heavy atom. The van der Waals surface area contributed by atoms with Gasteiger partial charge in [-0.3, -0.25) is 9.69 Å². The van der Waals surface area contributed by atoms with Gasteiger partial charge in [0, 0.05) is 44.3 Å². The number of piperidine rings is 1. The second-order valence-corrected chi connectivity index (χ2v) is 8.53. The number of esters is 1. The van der Waals surface area contributed by atoms with E-state index in [1.54, 1.807) is 13.0 Å². The number of fused-ring (bicyclic) bond motifs is 1. The van der Waals surface area contributed by atoms with E-state index in [1.807, 2.05) is 30.3 Å². The molecule has 1 aliphatic heterocycles. The highest BCUT2D eigenvalue weighted by Gasteiger charge is 2.52. The standard InChI is InChI=1S/C25H24F3NO4/c1-16-14-29(15-18-6-4-3-5-7-18)12-11-24(16,33-23(31)17(2)30)21-20(25(26,27)28)9-8-19-10-13-32-22(19)21/h3-10,13,16H,11-12,14-15H2,1-2H3. The van der Waals surface area contributed by atoms with Gasteiger partial charge in [-0.15, -0.1) is 0 Å². The average Bonchev–Trinajstić information content (AvgIpc) is 3.24. The van der Waals surface area contributed by atoms with Crippen molar-refractivity contribution in [2.45, 2.75) is 38.6 Å². The van der Waals surface area contributed by atoms with Crippen molar-refractivity contribution >= 4 is 22.7 Å². The van der Waals surface area contributed by atoms with Gasteiger partial charge in [0.2, 0.25) is 5.78 Å². The summed E-state index contributed by atoms with van der Waals surface area (Å²) in [5.74, 6) is -2.57. The van der Waals surface area contributed by atoms with Gasteiger partial charge in [-0.1, -0.05) is 43.3 Å². The number of likely N-dealkylation sites (tertiary alicyclic amines) is 1. The Labute approximate surface area is 189 Å². The van der Waals surface area contributed by atoms with E-state index in [0.29, 0.717) is 25.0 Å². The summed E-state index contributed by atoms with van der Waals surface area (Å²) in [5, 5.41) is 0.468. The molecule has 33 heavy (non-hydrogen) atoms. The lowest BCUT2D eigenvalue weighted by molar-refractivity contribution is -0.181. The molecule has 2 aromatic carbocycles. The third-order valence-electron chi connectivity index (χ3n) is 6.29. The van der Waals surface area contributed by atoms with Crippen LogP contribution in [0.4, 0.5) is 13.2 Å². The smallest absolute Gasteiger partial charge is 0.416 e. The van der Waals surface area contributed by atoms with Gasteiger partial charge < -0.3 is 9.15 Å². The van der Waals surface area contributed by atoms with Crippen LogP contribution in [-0.2, 0) is 32.6 Å². The zero-order valence-corrected chi connectivity index (χ0v) is 18.3. The van der Waals surface area contributed by atoms with Gasteiger partial charge in [0.05, 0.1) is 17.4 Å². The Bertz CT molecular complexity index is 1170. The molecule has 0 bridgehead atoms. The minimum Gasteiger partial charge on any atom is -0.464 e. The first-order valence-electron chi connectivity index (χ1n) is 10.7. The Kier molecular flexibility index (Phi) is 6.05. The van der Waals surface area contributed by atoms with Crippen molar-refractivity contribution in [3.05, 3.63) is 71.5 Å². The van der Waals surface area contributed by atoms with Gasteiger partial charge in [0.25, 0.3) is 0 Å². The van der Waals surface area contributed by atoms with Crippen molar-refractivity contribution in [3.8, 4) is 0 Å². The molecule has 1 fully saturated rings. The van der Waals surface area contributed by atoms with Crippen LogP contribution in [0.25, 0.3) is 11.0 Å². The van der Waals surface area contributed by atoms with Crippen molar-refractivity contribution < 1.29 is 31.9 Å². The van der Waals surface area contributed by atoms with Gasteiger partial charge in [-0.05, 0) is 17.7 Å². The highest BCUT2D eigenvalue weighted by Crippen LogP contribution is 2.49. The molecule has 2 unspecified atom stereocenters. The van der Waals surface area contributed by atoms with Gasteiger partial charge in [0.1, 0.15) is 11.2 Å². The first-order chi connectivity index (χ1) is 15.6. The molecule has 0 amide bonds. The molecule has 1 saturated heterocycles. The maximum absolute atomic E-state index is 14.1. The van der Waals surface area contributed by atoms with Crippen molar-refractivity contribution in [2.24, 2.45) is 5.92 Å². The van der Waals surface area contributed by atoms with E-state index in [2.05, 4.69) is 4.90 Å². The lowest BCUT2D eigenvalue weighted by Gasteiger charge is -2.46. The summed E-state index contributed by atoms with van der Waals surface area (Å²) in [4.78, 5) is 26.3. The maximum Gasteiger partial charge on any atom is 0.416 e. The summed E-state index contributed by atoms with van der Waals surface area (Å²) in [6.07, 6.45) is -3.31. The molecule has 1 aliphatic rings. The van der Waals surface area contributed by atoms with Gasteiger partial charge >= 0.3 is 12.1 Å². The number of alkyl halides is 3. The highest BCUT2D eigenvalue weighted by molar-refractivity contribution is 6.32. The van der Waals surface area contributed by atoms with E-state index in [4.69, 9.17) is 9.15 Å². The zero-order chi connectivity index (χ0) is 23.8. The number of nitrogens with zero attached hydrogens (tertiary/aromatic N) is 1. The van der Waals surface area contributed by atoms with E-state index in [-0.39, 0.29) is 17.6 Å². The predicted molar refractivity (Wildman–Crippen MR) is 115 cm³/mol. The van der Waals surface area contributed by atoms with Crippen LogP contribution in [0.2, 0.25) is 0 Å². The quantitative estimate of drug-likeness (QED) is 0.382. The summed E-state index contributed by atoms with van der Waals surface area (Å²) in [6, 6.07) is 13.6. The Balaban J connectivity index is 1.81. The number of ether oxygens (including phenoxy) is 1. The molecule has 1 aromatic heterocycles. The van der Waals surface area contributed by atoms with E-state index in [0.717, 1.165) is 18.6 Å². The van der Waals surface area contributed by atoms with Crippen molar-refractivity contribution in [1.82, 2.24) is 4.90 Å². The fraction of sp³-hybridized carbons (Fsp3) is 0.360. The number of hydrogen-bond donors (Lipinski definition) is 0. The van der Waals surface area contributed by atoms with Crippen LogP contribution in [0.15, 0.2) is 59.2 Å². The van der Waals surface area contributed by atoms with Crippen molar-refractivity contribution in [2.75, 3.05) is 13.1 Å². The molecule has 0 radical (unpaired) electrons. The number of carbonyl (C=O) groups excluding carboxylic acids is 2. The molecule has 2 heterocycles.